The Morgan fingerprint density at radius 2 is 2.18 bits per heavy atom. The van der Waals surface area contributed by atoms with Gasteiger partial charge in [0.15, 0.2) is 0 Å². The van der Waals surface area contributed by atoms with Gasteiger partial charge < -0.3 is 5.32 Å². The highest BCUT2D eigenvalue weighted by atomic mass is 79.9. The van der Waals surface area contributed by atoms with Gasteiger partial charge in [0.1, 0.15) is 0 Å². The summed E-state index contributed by atoms with van der Waals surface area (Å²) in [7, 11) is 0. The fourth-order valence-electron chi connectivity index (χ4n) is 2.80. The summed E-state index contributed by atoms with van der Waals surface area (Å²) in [6.07, 6.45) is 3.95. The van der Waals surface area contributed by atoms with Crippen LogP contribution in [-0.2, 0) is 0 Å². The predicted molar refractivity (Wildman–Crippen MR) is 77.1 cm³/mol. The van der Waals surface area contributed by atoms with E-state index in [0.717, 1.165) is 4.47 Å². The first-order valence-corrected chi connectivity index (χ1v) is 7.27. The van der Waals surface area contributed by atoms with Crippen molar-refractivity contribution in [3.05, 3.63) is 34.3 Å². The average Bonchev–Trinajstić information content (AvgIpc) is 2.58. The van der Waals surface area contributed by atoms with Crippen molar-refractivity contribution < 1.29 is 0 Å². The Morgan fingerprint density at radius 1 is 1.41 bits per heavy atom. The van der Waals surface area contributed by atoms with E-state index in [9.17, 15) is 0 Å². The minimum Gasteiger partial charge on any atom is -0.307 e. The van der Waals surface area contributed by atoms with Crippen molar-refractivity contribution in [1.29, 1.82) is 0 Å². The summed E-state index contributed by atoms with van der Waals surface area (Å²) in [6.45, 7) is 7.00. The maximum Gasteiger partial charge on any atom is 0.0294 e. The van der Waals surface area contributed by atoms with Crippen molar-refractivity contribution >= 4 is 15.9 Å². The van der Waals surface area contributed by atoms with Gasteiger partial charge in [-0.1, -0.05) is 41.9 Å². The molecule has 2 heteroatoms. The van der Waals surface area contributed by atoms with Crippen molar-refractivity contribution in [2.75, 3.05) is 0 Å². The Morgan fingerprint density at radius 3 is 2.76 bits per heavy atom. The molecule has 0 bridgehead atoms. The first kappa shape index (κ1) is 13.1. The van der Waals surface area contributed by atoms with Crippen LogP contribution in [0.1, 0.15) is 51.6 Å². The molecule has 1 saturated carbocycles. The Bertz CT molecular complexity index is 386. The lowest BCUT2D eigenvalue weighted by Crippen LogP contribution is -2.30. The maximum absolute atomic E-state index is 3.76. The first-order valence-electron chi connectivity index (χ1n) is 6.48. The Balaban J connectivity index is 1.96. The quantitative estimate of drug-likeness (QED) is 0.854. The van der Waals surface area contributed by atoms with Crippen molar-refractivity contribution in [1.82, 2.24) is 5.32 Å². The fraction of sp³-hybridized carbons (Fsp3) is 0.600. The zero-order valence-electron chi connectivity index (χ0n) is 11.0. The monoisotopic (exact) mass is 295 g/mol. The summed E-state index contributed by atoms with van der Waals surface area (Å²) in [5.74, 6) is 0. The number of hydrogen-bond acceptors (Lipinski definition) is 1. The molecular weight excluding hydrogens is 274 g/mol. The zero-order valence-corrected chi connectivity index (χ0v) is 12.5. The van der Waals surface area contributed by atoms with E-state index in [1.54, 1.807) is 0 Å². The lowest BCUT2D eigenvalue weighted by atomic mass is 9.91. The van der Waals surface area contributed by atoms with Gasteiger partial charge in [0, 0.05) is 16.6 Å². The second-order valence-electron chi connectivity index (χ2n) is 6.05. The second kappa shape index (κ2) is 5.11. The van der Waals surface area contributed by atoms with Crippen LogP contribution in [0.25, 0.3) is 0 Å². The minimum atomic E-state index is 0.436. The van der Waals surface area contributed by atoms with Crippen LogP contribution < -0.4 is 5.32 Å². The van der Waals surface area contributed by atoms with Crippen LogP contribution in [0.3, 0.4) is 0 Å². The van der Waals surface area contributed by atoms with Gasteiger partial charge in [-0.15, -0.1) is 0 Å². The first-order chi connectivity index (χ1) is 7.96. The van der Waals surface area contributed by atoms with Crippen LogP contribution in [0.15, 0.2) is 28.7 Å². The summed E-state index contributed by atoms with van der Waals surface area (Å²) in [5, 5.41) is 3.76. The SMILES string of the molecule is C[C@H](NC1CCC(C)(C)C1)c1cccc(Br)c1. The number of benzene rings is 1. The lowest BCUT2D eigenvalue weighted by molar-refractivity contribution is 0.356. The summed E-state index contributed by atoms with van der Waals surface area (Å²) >= 11 is 3.53. The van der Waals surface area contributed by atoms with Crippen molar-refractivity contribution in [2.45, 2.75) is 52.1 Å². The molecule has 94 valence electrons. The number of halogens is 1. The van der Waals surface area contributed by atoms with Crippen LogP contribution in [0, 0.1) is 5.41 Å². The van der Waals surface area contributed by atoms with E-state index in [-0.39, 0.29) is 0 Å². The van der Waals surface area contributed by atoms with E-state index in [1.807, 2.05) is 0 Å². The number of nitrogens with one attached hydrogen (secondary N) is 1. The minimum absolute atomic E-state index is 0.436. The molecule has 0 aromatic heterocycles. The Hall–Kier alpha value is -0.340. The lowest BCUT2D eigenvalue weighted by Gasteiger charge is -2.22. The molecule has 1 aliphatic rings. The molecule has 0 amide bonds. The maximum atomic E-state index is 3.76. The standard InChI is InChI=1S/C15H22BrN/c1-11(12-5-4-6-13(16)9-12)17-14-7-8-15(2,3)10-14/h4-6,9,11,14,17H,7-8,10H2,1-3H3/t11-,14?/m0/s1. The molecule has 1 aliphatic carbocycles. The Kier molecular flexibility index (Phi) is 3.94. The van der Waals surface area contributed by atoms with Crippen LogP contribution >= 0.6 is 15.9 Å². The van der Waals surface area contributed by atoms with Gasteiger partial charge in [0.2, 0.25) is 0 Å². The van der Waals surface area contributed by atoms with Crippen LogP contribution in [-0.4, -0.2) is 6.04 Å². The van der Waals surface area contributed by atoms with E-state index in [1.165, 1.54) is 24.8 Å². The van der Waals surface area contributed by atoms with Gasteiger partial charge in [-0.3, -0.25) is 0 Å². The number of rotatable bonds is 3. The van der Waals surface area contributed by atoms with Crippen LogP contribution in [0.5, 0.6) is 0 Å². The molecule has 0 heterocycles. The van der Waals surface area contributed by atoms with E-state index in [4.69, 9.17) is 0 Å². The highest BCUT2D eigenvalue weighted by Gasteiger charge is 2.31. The third kappa shape index (κ3) is 3.56. The molecule has 1 aromatic rings. The van der Waals surface area contributed by atoms with Crippen LogP contribution in [0.4, 0.5) is 0 Å². The molecule has 1 nitrogen and oxygen atoms in total. The summed E-state index contributed by atoms with van der Waals surface area (Å²) < 4.78 is 1.16. The molecule has 2 atom stereocenters. The van der Waals surface area contributed by atoms with Gasteiger partial charge in [-0.25, -0.2) is 0 Å². The smallest absolute Gasteiger partial charge is 0.0294 e. The van der Waals surface area contributed by atoms with E-state index < -0.39 is 0 Å². The normalized spacial score (nSPS) is 24.8. The van der Waals surface area contributed by atoms with Crippen molar-refractivity contribution in [3.8, 4) is 0 Å². The molecule has 1 aromatic carbocycles. The third-order valence-electron chi connectivity index (χ3n) is 3.80. The molecule has 17 heavy (non-hydrogen) atoms. The molecule has 2 rings (SSSR count). The van der Waals surface area contributed by atoms with Gasteiger partial charge in [0.05, 0.1) is 0 Å². The number of hydrogen-bond donors (Lipinski definition) is 1. The van der Waals surface area contributed by atoms with E-state index in [0.29, 0.717) is 17.5 Å². The molecule has 1 fully saturated rings. The topological polar surface area (TPSA) is 12.0 Å². The molecule has 0 radical (unpaired) electrons. The summed E-state index contributed by atoms with van der Waals surface area (Å²) in [4.78, 5) is 0. The molecule has 1 unspecified atom stereocenters. The molecule has 0 spiro atoms. The summed E-state index contributed by atoms with van der Waals surface area (Å²) in [6, 6.07) is 9.70. The molecule has 1 N–H and O–H groups in total. The van der Waals surface area contributed by atoms with Crippen LogP contribution in [0.2, 0.25) is 0 Å². The highest BCUT2D eigenvalue weighted by Crippen LogP contribution is 2.37. The van der Waals surface area contributed by atoms with Gasteiger partial charge >= 0.3 is 0 Å². The highest BCUT2D eigenvalue weighted by molar-refractivity contribution is 9.10. The van der Waals surface area contributed by atoms with Crippen molar-refractivity contribution in [3.63, 3.8) is 0 Å². The van der Waals surface area contributed by atoms with Gasteiger partial charge in [-0.05, 0) is 49.3 Å². The predicted octanol–water partition coefficient (Wildman–Crippen LogP) is 4.68. The average molecular weight is 296 g/mol. The molecular formula is C15H22BrN. The molecule has 0 aliphatic heterocycles. The second-order valence-corrected chi connectivity index (χ2v) is 6.96. The van der Waals surface area contributed by atoms with E-state index >= 15 is 0 Å². The van der Waals surface area contributed by atoms with Crippen molar-refractivity contribution in [2.24, 2.45) is 5.41 Å². The van der Waals surface area contributed by atoms with E-state index in [2.05, 4.69) is 66.3 Å². The van der Waals surface area contributed by atoms with Gasteiger partial charge in [0.25, 0.3) is 0 Å². The Labute approximate surface area is 113 Å². The zero-order chi connectivity index (χ0) is 12.5. The van der Waals surface area contributed by atoms with Gasteiger partial charge in [-0.2, -0.15) is 0 Å². The largest absolute Gasteiger partial charge is 0.307 e. The summed E-state index contributed by atoms with van der Waals surface area (Å²) in [5.41, 5.74) is 1.89. The fourth-order valence-corrected chi connectivity index (χ4v) is 3.22. The molecule has 0 saturated heterocycles. The third-order valence-corrected chi connectivity index (χ3v) is 4.30.